The molecular formula is C31H26N4O6. The van der Waals surface area contributed by atoms with Crippen molar-refractivity contribution in [3.63, 3.8) is 0 Å². The van der Waals surface area contributed by atoms with Gasteiger partial charge in [-0.15, -0.1) is 0 Å². The molecule has 10 heteroatoms. The summed E-state index contributed by atoms with van der Waals surface area (Å²) in [7, 11) is 1.21. The van der Waals surface area contributed by atoms with Crippen LogP contribution in [0.3, 0.4) is 0 Å². The second kappa shape index (κ2) is 11.7. The van der Waals surface area contributed by atoms with Crippen LogP contribution < -0.4 is 5.32 Å². The zero-order chi connectivity index (χ0) is 28.9. The van der Waals surface area contributed by atoms with Crippen molar-refractivity contribution in [3.05, 3.63) is 114 Å². The standard InChI is InChI=1S/C31H26N4O6/c1-41-31(40)28(14-19-5-8-23(36)9-6-19)34-29(37)27-16-25(30(38)39)24-15-22(7-10-26(24)33-27)21-4-2-3-20(13-21)17-35-12-11-32-18-35/h2-13,15-16,18,28,36H,14,17H2,1H3,(H,34,37)(H,38,39)/t28-/m0/s1. The van der Waals surface area contributed by atoms with Gasteiger partial charge in [0, 0.05) is 30.7 Å². The van der Waals surface area contributed by atoms with Crippen LogP contribution in [0.15, 0.2) is 91.5 Å². The summed E-state index contributed by atoms with van der Waals surface area (Å²) < 4.78 is 6.80. The highest BCUT2D eigenvalue weighted by molar-refractivity contribution is 6.07. The summed E-state index contributed by atoms with van der Waals surface area (Å²) >= 11 is 0. The molecule has 0 aliphatic rings. The highest BCUT2D eigenvalue weighted by Gasteiger charge is 2.25. The Balaban J connectivity index is 1.44. The monoisotopic (exact) mass is 550 g/mol. The van der Waals surface area contributed by atoms with Crippen molar-refractivity contribution in [2.75, 3.05) is 7.11 Å². The normalized spacial score (nSPS) is 11.6. The molecule has 3 aromatic carbocycles. The molecule has 0 saturated carbocycles. The van der Waals surface area contributed by atoms with Crippen molar-refractivity contribution in [1.29, 1.82) is 0 Å². The summed E-state index contributed by atoms with van der Waals surface area (Å²) in [6.45, 7) is 0.640. The number of amides is 1. The van der Waals surface area contributed by atoms with E-state index in [1.807, 2.05) is 41.1 Å². The Bertz CT molecular complexity index is 1730. The van der Waals surface area contributed by atoms with Gasteiger partial charge in [0.05, 0.1) is 24.5 Å². The lowest BCUT2D eigenvalue weighted by Gasteiger charge is -2.17. The van der Waals surface area contributed by atoms with Crippen molar-refractivity contribution < 1.29 is 29.3 Å². The maximum Gasteiger partial charge on any atom is 0.336 e. The molecule has 41 heavy (non-hydrogen) atoms. The molecule has 1 amide bonds. The SMILES string of the molecule is COC(=O)[C@H](Cc1ccc(O)cc1)NC(=O)c1cc(C(=O)O)c2cc(-c3cccc(Cn4ccnc4)c3)ccc2n1. The fourth-order valence-electron chi connectivity index (χ4n) is 4.57. The Kier molecular flexibility index (Phi) is 7.73. The smallest absolute Gasteiger partial charge is 0.336 e. The van der Waals surface area contributed by atoms with Crippen molar-refractivity contribution in [3.8, 4) is 16.9 Å². The molecule has 5 rings (SSSR count). The molecule has 0 radical (unpaired) electrons. The second-order valence-electron chi connectivity index (χ2n) is 9.45. The third kappa shape index (κ3) is 6.22. The van der Waals surface area contributed by atoms with Crippen LogP contribution in [0, 0.1) is 0 Å². The van der Waals surface area contributed by atoms with E-state index in [9.17, 15) is 24.6 Å². The number of imidazole rings is 1. The lowest BCUT2D eigenvalue weighted by Crippen LogP contribution is -2.43. The molecule has 3 N–H and O–H groups in total. The molecule has 0 unspecified atom stereocenters. The quantitative estimate of drug-likeness (QED) is 0.233. The van der Waals surface area contributed by atoms with Crippen LogP contribution in [0.5, 0.6) is 5.75 Å². The number of aromatic nitrogens is 3. The molecule has 206 valence electrons. The van der Waals surface area contributed by atoms with Gasteiger partial charge in [0.25, 0.3) is 5.91 Å². The van der Waals surface area contributed by atoms with Gasteiger partial charge in [0.1, 0.15) is 17.5 Å². The van der Waals surface area contributed by atoms with Crippen LogP contribution in [0.2, 0.25) is 0 Å². The first kappa shape index (κ1) is 27.1. The Labute approximate surface area is 234 Å². The summed E-state index contributed by atoms with van der Waals surface area (Å²) in [4.78, 5) is 46.3. The number of aromatic hydroxyl groups is 1. The number of carboxylic acid groups (broad SMARTS) is 1. The van der Waals surface area contributed by atoms with Gasteiger partial charge in [-0.1, -0.05) is 36.4 Å². The number of methoxy groups -OCH3 is 1. The van der Waals surface area contributed by atoms with E-state index in [0.29, 0.717) is 23.0 Å². The van der Waals surface area contributed by atoms with Crippen LogP contribution in [0.25, 0.3) is 22.0 Å². The molecule has 2 heterocycles. The molecule has 0 fully saturated rings. The maximum atomic E-state index is 13.2. The zero-order valence-electron chi connectivity index (χ0n) is 22.0. The topological polar surface area (TPSA) is 144 Å². The fourth-order valence-corrected chi connectivity index (χ4v) is 4.57. The summed E-state index contributed by atoms with van der Waals surface area (Å²) in [6.07, 6.45) is 5.43. The lowest BCUT2D eigenvalue weighted by molar-refractivity contribution is -0.142. The molecule has 10 nitrogen and oxygen atoms in total. The minimum atomic E-state index is -1.22. The summed E-state index contributed by atoms with van der Waals surface area (Å²) in [5.41, 5.74) is 3.51. The van der Waals surface area contributed by atoms with Crippen molar-refractivity contribution in [2.45, 2.75) is 19.0 Å². The number of hydrogen-bond donors (Lipinski definition) is 3. The number of carboxylic acids is 1. The molecule has 0 spiro atoms. The van der Waals surface area contributed by atoms with E-state index >= 15 is 0 Å². The van der Waals surface area contributed by atoms with Gasteiger partial charge in [-0.2, -0.15) is 0 Å². The minimum absolute atomic E-state index is 0.0688. The number of carbonyl (C=O) groups is 3. The highest BCUT2D eigenvalue weighted by Crippen LogP contribution is 2.27. The number of nitrogens with one attached hydrogen (secondary N) is 1. The van der Waals surface area contributed by atoms with Crippen molar-refractivity contribution in [1.82, 2.24) is 19.9 Å². The van der Waals surface area contributed by atoms with E-state index in [4.69, 9.17) is 4.74 Å². The number of pyridine rings is 1. The van der Waals surface area contributed by atoms with E-state index in [2.05, 4.69) is 15.3 Å². The predicted octanol–water partition coefficient (Wildman–Crippen LogP) is 4.06. The molecule has 0 aliphatic heterocycles. The Morgan fingerprint density at radius 2 is 1.76 bits per heavy atom. The number of benzene rings is 3. The Morgan fingerprint density at radius 1 is 0.976 bits per heavy atom. The molecule has 5 aromatic rings. The van der Waals surface area contributed by atoms with E-state index in [0.717, 1.165) is 16.7 Å². The van der Waals surface area contributed by atoms with Gasteiger partial charge in [-0.3, -0.25) is 4.79 Å². The van der Waals surface area contributed by atoms with E-state index < -0.39 is 23.9 Å². The van der Waals surface area contributed by atoms with Gasteiger partial charge >= 0.3 is 11.9 Å². The van der Waals surface area contributed by atoms with Crippen LogP contribution in [0.4, 0.5) is 0 Å². The molecule has 0 aliphatic carbocycles. The summed E-state index contributed by atoms with van der Waals surface area (Å²) in [6, 6.07) is 19.5. The van der Waals surface area contributed by atoms with E-state index in [-0.39, 0.29) is 23.4 Å². The Morgan fingerprint density at radius 3 is 2.46 bits per heavy atom. The number of phenols is 1. The van der Waals surface area contributed by atoms with Crippen LogP contribution >= 0.6 is 0 Å². The maximum absolute atomic E-state index is 13.2. The van der Waals surface area contributed by atoms with Gasteiger partial charge in [0.2, 0.25) is 0 Å². The van der Waals surface area contributed by atoms with Crippen molar-refractivity contribution >= 4 is 28.7 Å². The number of phenolic OH excluding ortho intramolecular Hbond substituents is 1. The Hall–Kier alpha value is -5.51. The van der Waals surface area contributed by atoms with Gasteiger partial charge < -0.3 is 24.8 Å². The summed E-state index contributed by atoms with van der Waals surface area (Å²) in [5.74, 6) is -2.55. The number of aromatic carboxylic acids is 1. The van der Waals surface area contributed by atoms with E-state index in [1.165, 1.54) is 25.3 Å². The lowest BCUT2D eigenvalue weighted by atomic mass is 9.98. The van der Waals surface area contributed by atoms with E-state index in [1.54, 1.807) is 36.8 Å². The van der Waals surface area contributed by atoms with Gasteiger partial charge in [0.15, 0.2) is 0 Å². The number of fused-ring (bicyclic) bond motifs is 1. The first-order valence-corrected chi connectivity index (χ1v) is 12.7. The third-order valence-electron chi connectivity index (χ3n) is 6.62. The number of hydrogen-bond acceptors (Lipinski definition) is 7. The molecule has 2 aromatic heterocycles. The number of esters is 1. The molecule has 0 saturated heterocycles. The predicted molar refractivity (Wildman–Crippen MR) is 151 cm³/mol. The number of carbonyl (C=O) groups excluding carboxylic acids is 2. The largest absolute Gasteiger partial charge is 0.508 e. The van der Waals surface area contributed by atoms with Crippen LogP contribution in [-0.4, -0.2) is 55.7 Å². The van der Waals surface area contributed by atoms with Crippen LogP contribution in [0.1, 0.15) is 32.0 Å². The summed E-state index contributed by atoms with van der Waals surface area (Å²) in [5, 5.41) is 22.5. The minimum Gasteiger partial charge on any atom is -0.508 e. The van der Waals surface area contributed by atoms with Crippen LogP contribution in [-0.2, 0) is 22.5 Å². The number of rotatable bonds is 9. The third-order valence-corrected chi connectivity index (χ3v) is 6.62. The van der Waals surface area contributed by atoms with Gasteiger partial charge in [-0.05, 0) is 58.7 Å². The molecule has 0 bridgehead atoms. The highest BCUT2D eigenvalue weighted by atomic mass is 16.5. The number of nitrogens with zero attached hydrogens (tertiary/aromatic N) is 3. The number of ether oxygens (including phenoxy) is 1. The molecule has 1 atom stereocenters. The molecular weight excluding hydrogens is 524 g/mol. The zero-order valence-corrected chi connectivity index (χ0v) is 22.0. The average molecular weight is 551 g/mol. The van der Waals surface area contributed by atoms with Crippen molar-refractivity contribution in [2.24, 2.45) is 0 Å². The average Bonchev–Trinajstić information content (AvgIpc) is 3.49. The second-order valence-corrected chi connectivity index (χ2v) is 9.45. The first-order chi connectivity index (χ1) is 19.8. The fraction of sp³-hybridized carbons (Fsp3) is 0.129. The first-order valence-electron chi connectivity index (χ1n) is 12.7. The van der Waals surface area contributed by atoms with Gasteiger partial charge in [-0.25, -0.2) is 19.6 Å².